The SMILES string of the molecule is CCNC(=NCc1sc(C)nc1C)N1CCC(C(=O)OCC)CC1.I. The molecule has 0 aliphatic carbocycles. The number of aromatic nitrogens is 1. The van der Waals surface area contributed by atoms with E-state index >= 15 is 0 Å². The molecule has 1 aliphatic heterocycles. The number of hydrogen-bond donors (Lipinski definition) is 1. The summed E-state index contributed by atoms with van der Waals surface area (Å²) < 4.78 is 5.14. The number of thiazole rings is 1. The molecule has 0 spiro atoms. The van der Waals surface area contributed by atoms with Crippen LogP contribution in [0.5, 0.6) is 0 Å². The molecule has 0 unspecified atom stereocenters. The Bertz CT molecular complexity index is 583. The van der Waals surface area contributed by atoms with Gasteiger partial charge in [0, 0.05) is 24.5 Å². The highest BCUT2D eigenvalue weighted by atomic mass is 127. The van der Waals surface area contributed by atoms with E-state index in [0.717, 1.165) is 49.1 Å². The fourth-order valence-electron chi connectivity index (χ4n) is 2.88. The van der Waals surface area contributed by atoms with Crippen LogP contribution < -0.4 is 5.32 Å². The molecular weight excluding hydrogens is 451 g/mol. The summed E-state index contributed by atoms with van der Waals surface area (Å²) >= 11 is 1.71. The Morgan fingerprint density at radius 3 is 2.56 bits per heavy atom. The lowest BCUT2D eigenvalue weighted by Crippen LogP contribution is -2.46. The molecule has 0 aromatic carbocycles. The Kier molecular flexibility index (Phi) is 9.70. The van der Waals surface area contributed by atoms with Crippen LogP contribution in [0, 0.1) is 19.8 Å². The first-order valence-electron chi connectivity index (χ1n) is 8.67. The fraction of sp³-hybridized carbons (Fsp3) is 0.706. The van der Waals surface area contributed by atoms with Crippen molar-refractivity contribution in [2.24, 2.45) is 10.9 Å². The number of aryl methyl sites for hydroxylation is 2. The molecule has 0 bridgehead atoms. The van der Waals surface area contributed by atoms with E-state index in [1.54, 1.807) is 11.3 Å². The number of carbonyl (C=O) groups is 1. The van der Waals surface area contributed by atoms with E-state index in [1.807, 2.05) is 20.8 Å². The number of rotatable bonds is 5. The smallest absolute Gasteiger partial charge is 0.309 e. The molecule has 1 aromatic heterocycles. The van der Waals surface area contributed by atoms with Crippen molar-refractivity contribution >= 4 is 47.2 Å². The first-order chi connectivity index (χ1) is 11.5. The number of nitrogens with one attached hydrogen (secondary N) is 1. The van der Waals surface area contributed by atoms with Crippen LogP contribution in [0.3, 0.4) is 0 Å². The van der Waals surface area contributed by atoms with Crippen LogP contribution in [0.15, 0.2) is 4.99 Å². The van der Waals surface area contributed by atoms with Gasteiger partial charge in [-0.05, 0) is 40.5 Å². The van der Waals surface area contributed by atoms with Crippen molar-refractivity contribution in [2.75, 3.05) is 26.2 Å². The van der Waals surface area contributed by atoms with Crippen LogP contribution in [0.1, 0.15) is 42.3 Å². The Labute approximate surface area is 171 Å². The van der Waals surface area contributed by atoms with Gasteiger partial charge in [-0.15, -0.1) is 35.3 Å². The van der Waals surface area contributed by atoms with Gasteiger partial charge < -0.3 is 15.0 Å². The average molecular weight is 480 g/mol. The fourth-order valence-corrected chi connectivity index (χ4v) is 3.74. The molecule has 6 nitrogen and oxygen atoms in total. The summed E-state index contributed by atoms with van der Waals surface area (Å²) in [4.78, 5) is 24.5. The molecule has 0 radical (unpaired) electrons. The van der Waals surface area contributed by atoms with Crippen LogP contribution in [0.2, 0.25) is 0 Å². The standard InChI is InChI=1S/C17H28N4O2S.HI/c1-5-18-17(19-11-15-12(3)20-13(4)24-15)21-9-7-14(8-10-21)16(22)23-6-2;/h14H,5-11H2,1-4H3,(H,18,19);1H. The Morgan fingerprint density at radius 1 is 1.36 bits per heavy atom. The van der Waals surface area contributed by atoms with Crippen molar-refractivity contribution < 1.29 is 9.53 Å². The van der Waals surface area contributed by atoms with Gasteiger partial charge in [0.05, 0.1) is 29.8 Å². The Morgan fingerprint density at radius 2 is 2.04 bits per heavy atom. The summed E-state index contributed by atoms with van der Waals surface area (Å²) in [5, 5.41) is 4.44. The predicted octanol–water partition coefficient (Wildman–Crippen LogP) is 3.12. The average Bonchev–Trinajstić information content (AvgIpc) is 2.89. The number of ether oxygens (including phenoxy) is 1. The van der Waals surface area contributed by atoms with Crippen LogP contribution in [0.25, 0.3) is 0 Å². The van der Waals surface area contributed by atoms with Crippen molar-refractivity contribution in [3.05, 3.63) is 15.6 Å². The molecule has 0 atom stereocenters. The van der Waals surface area contributed by atoms with Crippen LogP contribution in [-0.4, -0.2) is 48.1 Å². The molecule has 0 amide bonds. The van der Waals surface area contributed by atoms with Gasteiger partial charge in [-0.3, -0.25) is 4.79 Å². The predicted molar refractivity (Wildman–Crippen MR) is 113 cm³/mol. The van der Waals surface area contributed by atoms with Gasteiger partial charge in [0.2, 0.25) is 0 Å². The molecule has 1 saturated heterocycles. The van der Waals surface area contributed by atoms with E-state index in [1.165, 1.54) is 4.88 Å². The van der Waals surface area contributed by atoms with Crippen molar-refractivity contribution in [3.8, 4) is 0 Å². The molecule has 25 heavy (non-hydrogen) atoms. The van der Waals surface area contributed by atoms with Gasteiger partial charge in [-0.25, -0.2) is 9.98 Å². The number of nitrogens with zero attached hydrogens (tertiary/aromatic N) is 3. The van der Waals surface area contributed by atoms with E-state index in [9.17, 15) is 4.79 Å². The molecule has 0 saturated carbocycles. The number of esters is 1. The van der Waals surface area contributed by atoms with Crippen molar-refractivity contribution in [2.45, 2.75) is 47.1 Å². The van der Waals surface area contributed by atoms with E-state index in [0.29, 0.717) is 13.2 Å². The van der Waals surface area contributed by atoms with Crippen molar-refractivity contribution in [3.63, 3.8) is 0 Å². The summed E-state index contributed by atoms with van der Waals surface area (Å²) in [7, 11) is 0. The number of carbonyl (C=O) groups excluding carboxylic acids is 1. The maximum atomic E-state index is 11.9. The minimum atomic E-state index is -0.0603. The quantitative estimate of drug-likeness (QED) is 0.304. The van der Waals surface area contributed by atoms with Gasteiger partial charge in [-0.1, -0.05) is 0 Å². The molecule has 142 valence electrons. The van der Waals surface area contributed by atoms with Gasteiger partial charge >= 0.3 is 5.97 Å². The molecule has 1 aromatic rings. The third-order valence-electron chi connectivity index (χ3n) is 4.12. The van der Waals surface area contributed by atoms with E-state index in [2.05, 4.69) is 22.1 Å². The van der Waals surface area contributed by atoms with Gasteiger partial charge in [0.1, 0.15) is 0 Å². The zero-order valence-electron chi connectivity index (χ0n) is 15.5. The molecule has 1 fully saturated rings. The summed E-state index contributed by atoms with van der Waals surface area (Å²) in [6.45, 7) is 11.6. The number of aliphatic imine (C=N–C) groups is 1. The third-order valence-corrected chi connectivity index (χ3v) is 5.18. The molecule has 1 N–H and O–H groups in total. The zero-order chi connectivity index (χ0) is 17.5. The number of hydrogen-bond acceptors (Lipinski definition) is 5. The second-order valence-corrected chi connectivity index (χ2v) is 7.21. The third kappa shape index (κ3) is 6.40. The minimum absolute atomic E-state index is 0. The van der Waals surface area contributed by atoms with Gasteiger partial charge in [0.15, 0.2) is 5.96 Å². The van der Waals surface area contributed by atoms with E-state index in [-0.39, 0.29) is 35.9 Å². The Hall–Kier alpha value is -0.900. The van der Waals surface area contributed by atoms with Crippen LogP contribution in [0.4, 0.5) is 0 Å². The van der Waals surface area contributed by atoms with Crippen LogP contribution >= 0.6 is 35.3 Å². The minimum Gasteiger partial charge on any atom is -0.466 e. The summed E-state index contributed by atoms with van der Waals surface area (Å²) in [5.41, 5.74) is 1.07. The van der Waals surface area contributed by atoms with Crippen molar-refractivity contribution in [1.29, 1.82) is 0 Å². The normalized spacial score (nSPS) is 15.7. The monoisotopic (exact) mass is 480 g/mol. The Balaban J connectivity index is 0.00000312. The van der Waals surface area contributed by atoms with Crippen molar-refractivity contribution in [1.82, 2.24) is 15.2 Å². The molecule has 1 aliphatic rings. The number of halogens is 1. The first-order valence-corrected chi connectivity index (χ1v) is 9.49. The maximum absolute atomic E-state index is 11.9. The van der Waals surface area contributed by atoms with E-state index < -0.39 is 0 Å². The second-order valence-electron chi connectivity index (χ2n) is 5.93. The lowest BCUT2D eigenvalue weighted by atomic mass is 9.97. The molecule has 2 rings (SSSR count). The topological polar surface area (TPSA) is 66.8 Å². The summed E-state index contributed by atoms with van der Waals surface area (Å²) in [6, 6.07) is 0. The summed E-state index contributed by atoms with van der Waals surface area (Å²) in [6.07, 6.45) is 1.64. The number of guanidine groups is 1. The lowest BCUT2D eigenvalue weighted by Gasteiger charge is -2.33. The highest BCUT2D eigenvalue weighted by Crippen LogP contribution is 2.20. The molecular formula is C17H29IN4O2S. The van der Waals surface area contributed by atoms with Crippen LogP contribution in [-0.2, 0) is 16.1 Å². The molecule has 2 heterocycles. The number of likely N-dealkylation sites (tertiary alicyclic amines) is 1. The second kappa shape index (κ2) is 10.9. The summed E-state index contributed by atoms with van der Waals surface area (Å²) in [5.74, 6) is 0.885. The maximum Gasteiger partial charge on any atom is 0.309 e. The lowest BCUT2D eigenvalue weighted by molar-refractivity contribution is -0.149. The largest absolute Gasteiger partial charge is 0.466 e. The molecule has 8 heteroatoms. The van der Waals surface area contributed by atoms with E-state index in [4.69, 9.17) is 9.73 Å². The van der Waals surface area contributed by atoms with Gasteiger partial charge in [-0.2, -0.15) is 0 Å². The highest BCUT2D eigenvalue weighted by Gasteiger charge is 2.27. The zero-order valence-corrected chi connectivity index (χ0v) is 18.6. The highest BCUT2D eigenvalue weighted by molar-refractivity contribution is 14.0. The first kappa shape index (κ1) is 22.1. The van der Waals surface area contributed by atoms with Gasteiger partial charge in [0.25, 0.3) is 0 Å². The number of piperidine rings is 1.